The van der Waals surface area contributed by atoms with Crippen LogP contribution in [0.3, 0.4) is 0 Å². The molecule has 4 rings (SSSR count). The van der Waals surface area contributed by atoms with Crippen molar-refractivity contribution in [2.24, 2.45) is 11.3 Å². The molecule has 0 aromatic carbocycles. The molecule has 6 nitrogen and oxygen atoms in total. The second-order valence-corrected chi connectivity index (χ2v) is 7.75. The maximum Gasteiger partial charge on any atom is 0.330 e. The van der Waals surface area contributed by atoms with E-state index in [9.17, 15) is 14.7 Å². The third-order valence-corrected chi connectivity index (χ3v) is 5.58. The number of hydrogen-bond donors (Lipinski definition) is 1. The number of carbonyl (C=O) groups is 2. The largest absolute Gasteiger partial charge is 0.456 e. The first kappa shape index (κ1) is 17.4. The normalized spacial score (nSPS) is 40.9. The quantitative estimate of drug-likeness (QED) is 0.454. The van der Waals surface area contributed by atoms with E-state index in [4.69, 9.17) is 14.2 Å². The van der Waals surface area contributed by atoms with Gasteiger partial charge in [-0.1, -0.05) is 6.58 Å². The predicted molar refractivity (Wildman–Crippen MR) is 84.8 cm³/mol. The molecule has 134 valence electrons. The first-order chi connectivity index (χ1) is 11.2. The Morgan fingerprint density at radius 2 is 2.04 bits per heavy atom. The van der Waals surface area contributed by atoms with Crippen LogP contribution >= 0.6 is 0 Å². The third kappa shape index (κ3) is 2.97. The van der Waals surface area contributed by atoms with Gasteiger partial charge in [-0.3, -0.25) is 4.79 Å². The first-order valence-corrected chi connectivity index (χ1v) is 8.64. The van der Waals surface area contributed by atoms with E-state index in [2.05, 4.69) is 6.58 Å². The highest BCUT2D eigenvalue weighted by atomic mass is 16.7. The van der Waals surface area contributed by atoms with Crippen molar-refractivity contribution in [2.75, 3.05) is 6.61 Å². The Labute approximate surface area is 142 Å². The molecule has 0 saturated heterocycles. The van der Waals surface area contributed by atoms with Crippen molar-refractivity contribution in [3.05, 3.63) is 12.7 Å². The molecule has 0 amide bonds. The molecule has 4 aliphatic carbocycles. The van der Waals surface area contributed by atoms with Crippen LogP contribution in [-0.4, -0.2) is 41.1 Å². The fourth-order valence-corrected chi connectivity index (χ4v) is 5.44. The number of carbonyl (C=O) groups excluding carboxylic acids is 2. The lowest BCUT2D eigenvalue weighted by molar-refractivity contribution is -0.252. The van der Waals surface area contributed by atoms with Gasteiger partial charge in [-0.25, -0.2) is 4.79 Å². The fraction of sp³-hybridized carbons (Fsp3) is 0.778. The van der Waals surface area contributed by atoms with Crippen LogP contribution < -0.4 is 0 Å². The Hall–Kier alpha value is -1.40. The van der Waals surface area contributed by atoms with E-state index in [0.29, 0.717) is 45.1 Å². The summed E-state index contributed by atoms with van der Waals surface area (Å²) in [5, 5.41) is 10.9. The van der Waals surface area contributed by atoms with Crippen LogP contribution in [0, 0.1) is 11.3 Å². The van der Waals surface area contributed by atoms with E-state index >= 15 is 0 Å². The van der Waals surface area contributed by atoms with Crippen LogP contribution in [-0.2, 0) is 23.8 Å². The Kier molecular flexibility index (Phi) is 4.24. The second kappa shape index (κ2) is 5.85. The van der Waals surface area contributed by atoms with Crippen LogP contribution in [0.15, 0.2) is 12.7 Å². The monoisotopic (exact) mass is 338 g/mol. The zero-order chi connectivity index (χ0) is 17.6. The molecular weight excluding hydrogens is 312 g/mol. The number of ether oxygens (including phenoxy) is 3. The molecule has 0 radical (unpaired) electrons. The lowest BCUT2D eigenvalue weighted by Gasteiger charge is -2.62. The molecule has 0 aromatic heterocycles. The molecule has 5 unspecified atom stereocenters. The van der Waals surface area contributed by atoms with Gasteiger partial charge in [0.2, 0.25) is 0 Å². The van der Waals surface area contributed by atoms with Gasteiger partial charge in [-0.15, -0.1) is 0 Å². The van der Waals surface area contributed by atoms with Crippen LogP contribution in [0.4, 0.5) is 0 Å². The molecule has 4 fully saturated rings. The number of hydrogen-bond acceptors (Lipinski definition) is 6. The average molecular weight is 338 g/mol. The summed E-state index contributed by atoms with van der Waals surface area (Å²) in [7, 11) is 0. The maximum absolute atomic E-state index is 12.8. The second-order valence-electron chi connectivity index (χ2n) is 7.75. The summed E-state index contributed by atoms with van der Waals surface area (Å²) in [6, 6.07) is 0. The van der Waals surface area contributed by atoms with Crippen molar-refractivity contribution in [3.8, 4) is 0 Å². The molecular formula is C18H26O6. The number of rotatable bonds is 6. The highest BCUT2D eigenvalue weighted by molar-refractivity contribution is 5.82. The maximum atomic E-state index is 12.8. The van der Waals surface area contributed by atoms with Gasteiger partial charge < -0.3 is 19.3 Å². The fourth-order valence-electron chi connectivity index (χ4n) is 5.44. The molecule has 0 aliphatic heterocycles. The molecule has 4 aliphatic rings. The number of esters is 2. The highest BCUT2D eigenvalue weighted by Gasteiger charge is 2.67. The van der Waals surface area contributed by atoms with Crippen LogP contribution in [0.25, 0.3) is 0 Å². The van der Waals surface area contributed by atoms with Gasteiger partial charge in [0.15, 0.2) is 6.29 Å². The van der Waals surface area contributed by atoms with Gasteiger partial charge in [-0.05, 0) is 45.4 Å². The minimum Gasteiger partial charge on any atom is -0.456 e. The molecule has 6 heteroatoms. The molecule has 0 heterocycles. The highest BCUT2D eigenvalue weighted by Crippen LogP contribution is 2.64. The molecule has 4 bridgehead atoms. The van der Waals surface area contributed by atoms with Gasteiger partial charge in [0.1, 0.15) is 5.60 Å². The van der Waals surface area contributed by atoms with Gasteiger partial charge in [0, 0.05) is 25.5 Å². The Morgan fingerprint density at radius 1 is 1.29 bits per heavy atom. The van der Waals surface area contributed by atoms with Crippen LogP contribution in [0.1, 0.15) is 52.4 Å². The smallest absolute Gasteiger partial charge is 0.330 e. The lowest BCUT2D eigenvalue weighted by Crippen LogP contribution is -2.66. The summed E-state index contributed by atoms with van der Waals surface area (Å²) >= 11 is 0. The Morgan fingerprint density at radius 3 is 2.67 bits per heavy atom. The van der Waals surface area contributed by atoms with Crippen molar-refractivity contribution in [1.82, 2.24) is 0 Å². The Balaban J connectivity index is 1.85. The number of aliphatic hydroxyl groups is 1. The Bertz CT molecular complexity index is 560. The molecule has 0 aromatic rings. The zero-order valence-corrected chi connectivity index (χ0v) is 14.4. The van der Waals surface area contributed by atoms with Crippen molar-refractivity contribution in [3.63, 3.8) is 0 Å². The molecule has 1 N–H and O–H groups in total. The van der Waals surface area contributed by atoms with E-state index in [-0.39, 0.29) is 11.9 Å². The van der Waals surface area contributed by atoms with E-state index in [1.165, 1.54) is 0 Å². The van der Waals surface area contributed by atoms with E-state index in [0.717, 1.165) is 6.08 Å². The summed E-state index contributed by atoms with van der Waals surface area (Å²) in [6.45, 7) is 7.42. The van der Waals surface area contributed by atoms with Gasteiger partial charge >= 0.3 is 11.9 Å². The van der Waals surface area contributed by atoms with Crippen molar-refractivity contribution in [2.45, 2.75) is 69.9 Å². The summed E-state index contributed by atoms with van der Waals surface area (Å²) in [6.07, 6.45) is 3.65. The van der Waals surface area contributed by atoms with E-state index in [1.807, 2.05) is 6.92 Å². The average Bonchev–Trinajstić information content (AvgIpc) is 2.44. The summed E-state index contributed by atoms with van der Waals surface area (Å²) in [4.78, 5) is 24.6. The van der Waals surface area contributed by atoms with Crippen LogP contribution in [0.2, 0.25) is 0 Å². The van der Waals surface area contributed by atoms with Gasteiger partial charge in [0.25, 0.3) is 0 Å². The van der Waals surface area contributed by atoms with Crippen LogP contribution in [0.5, 0.6) is 0 Å². The predicted octanol–water partition coefficient (Wildman–Crippen LogP) is 2.10. The molecule has 24 heavy (non-hydrogen) atoms. The molecule has 0 spiro atoms. The van der Waals surface area contributed by atoms with Crippen molar-refractivity contribution >= 4 is 11.9 Å². The standard InChI is InChI=1S/C18H26O6/c1-4-14(19)24-18-8-13-6-16(10-18,9-17(21,7-13)11-18)15(20)23-12(3)22-5-2/h4,12-13,21H,1,5-11H2,2-3H3. The van der Waals surface area contributed by atoms with Crippen molar-refractivity contribution in [1.29, 1.82) is 0 Å². The molecule has 4 saturated carbocycles. The minimum absolute atomic E-state index is 0.152. The first-order valence-electron chi connectivity index (χ1n) is 8.64. The topological polar surface area (TPSA) is 82.1 Å². The summed E-state index contributed by atoms with van der Waals surface area (Å²) < 4.78 is 16.4. The van der Waals surface area contributed by atoms with E-state index in [1.54, 1.807) is 6.92 Å². The molecule has 5 atom stereocenters. The SMILES string of the molecule is C=CC(=O)OC12CC3CC(O)(C1)CC(C(=O)OC(C)OCC)(C3)C2. The third-order valence-electron chi connectivity index (χ3n) is 5.58. The summed E-state index contributed by atoms with van der Waals surface area (Å²) in [5.41, 5.74) is -2.58. The van der Waals surface area contributed by atoms with Gasteiger partial charge in [-0.2, -0.15) is 0 Å². The zero-order valence-electron chi connectivity index (χ0n) is 14.4. The van der Waals surface area contributed by atoms with Gasteiger partial charge in [0.05, 0.1) is 11.0 Å². The van der Waals surface area contributed by atoms with Crippen molar-refractivity contribution < 1.29 is 28.9 Å². The lowest BCUT2D eigenvalue weighted by atomic mass is 9.46. The minimum atomic E-state index is -0.977. The summed E-state index contributed by atoms with van der Waals surface area (Å²) in [5.74, 6) is -0.712. The van der Waals surface area contributed by atoms with E-state index < -0.39 is 28.9 Å².